The molecule has 0 spiro atoms. The summed E-state index contributed by atoms with van der Waals surface area (Å²) in [6.45, 7) is 0. The Morgan fingerprint density at radius 2 is 0.500 bits per heavy atom. The Labute approximate surface area is 298 Å². The van der Waals surface area contributed by atoms with Crippen LogP contribution in [0.1, 0.15) is 0 Å². The van der Waals surface area contributed by atoms with Crippen molar-refractivity contribution in [3.63, 3.8) is 0 Å². The number of hydrogen-bond donors (Lipinski definition) is 0. The van der Waals surface area contributed by atoms with E-state index < -0.39 is 15.6 Å². The summed E-state index contributed by atoms with van der Waals surface area (Å²) in [7, 11) is -10.8. The Morgan fingerprint density at radius 1 is 0.500 bits per heavy atom. The minimum Gasteiger partial charge on any atom is -0.822 e. The van der Waals surface area contributed by atoms with E-state index in [0.717, 1.165) is 0 Å². The van der Waals surface area contributed by atoms with E-state index in [-0.39, 0.29) is 254 Å². The molecule has 0 fully saturated rings. The van der Waals surface area contributed by atoms with Crippen LogP contribution in [0.3, 0.4) is 0 Å². The fourth-order valence-electron chi connectivity index (χ4n) is 0. The van der Waals surface area contributed by atoms with Crippen molar-refractivity contribution in [2.75, 3.05) is 0 Å². The quantitative estimate of drug-likeness (QED) is 0.270. The predicted octanol–water partition coefficient (Wildman–Crippen LogP) is -13.2. The third-order valence-corrected chi connectivity index (χ3v) is 0. The SMILES string of the molecule is O=P([O-])([O-])[O-].O=P([O-])([O-])[O-].[Ca+2].[Ca+2].[Ca+2].[Ca+2].[K+].[K+]. The first-order valence-corrected chi connectivity index (χ1v) is 4.38. The van der Waals surface area contributed by atoms with Gasteiger partial charge < -0.3 is 38.5 Å². The van der Waals surface area contributed by atoms with Crippen molar-refractivity contribution in [1.82, 2.24) is 0 Å². The molecule has 0 amide bonds. The predicted molar refractivity (Wildman–Crippen MR) is 38.2 cm³/mol. The second-order valence-electron chi connectivity index (χ2n) is 0.894. The molecule has 0 aromatic rings. The monoisotopic (exact) mass is 428 g/mol. The van der Waals surface area contributed by atoms with Crippen molar-refractivity contribution in [2.45, 2.75) is 0 Å². The first-order valence-electron chi connectivity index (χ1n) is 1.46. The Balaban J connectivity index is -0.00000000970. The molecule has 16 heavy (non-hydrogen) atoms. The molecule has 0 heterocycles. The van der Waals surface area contributed by atoms with Gasteiger partial charge in [0.05, 0.1) is 0 Å². The van der Waals surface area contributed by atoms with Gasteiger partial charge in [0.15, 0.2) is 0 Å². The van der Waals surface area contributed by atoms with Gasteiger partial charge in [0.1, 0.15) is 0 Å². The van der Waals surface area contributed by atoms with Gasteiger partial charge in [0.2, 0.25) is 0 Å². The van der Waals surface area contributed by atoms with E-state index >= 15 is 0 Å². The van der Waals surface area contributed by atoms with Gasteiger partial charge in [-0.05, 0) is 0 Å². The maximum absolute atomic E-state index is 8.55. The topological polar surface area (TPSA) is 172 Å². The van der Waals surface area contributed by atoms with Crippen LogP contribution in [0.15, 0.2) is 0 Å². The molecule has 0 radical (unpaired) electrons. The zero-order valence-corrected chi connectivity index (χ0v) is 25.9. The fourth-order valence-corrected chi connectivity index (χ4v) is 0. The summed E-state index contributed by atoms with van der Waals surface area (Å²) in [5.74, 6) is 0. The molecule has 0 saturated heterocycles. The van der Waals surface area contributed by atoms with Gasteiger partial charge >= 0.3 is 254 Å². The molecule has 0 rings (SSSR count). The van der Waals surface area contributed by atoms with Crippen LogP contribution in [0, 0.1) is 0 Å². The van der Waals surface area contributed by atoms with Crippen LogP contribution in [0.25, 0.3) is 0 Å². The van der Waals surface area contributed by atoms with E-state index in [2.05, 4.69) is 0 Å². The zero-order chi connectivity index (χ0) is 9.00. The molecule has 0 bridgehead atoms. The van der Waals surface area contributed by atoms with Gasteiger partial charge in [0.25, 0.3) is 0 Å². The Kier molecular flexibility index (Phi) is 88.0. The van der Waals surface area contributed by atoms with Crippen molar-refractivity contribution in [3.05, 3.63) is 0 Å². The van der Waals surface area contributed by atoms with Crippen molar-refractivity contribution in [1.29, 1.82) is 0 Å². The molecule has 0 unspecified atom stereocenters. The fraction of sp³-hybridized carbons (Fsp3) is 0. The first-order chi connectivity index (χ1) is 4.00. The second kappa shape index (κ2) is 28.3. The molecule has 64 valence electrons. The van der Waals surface area contributed by atoms with Crippen LogP contribution < -0.4 is 132 Å². The minimum atomic E-state index is -5.39. The molecule has 0 saturated carbocycles. The summed E-state index contributed by atoms with van der Waals surface area (Å²) in [6, 6.07) is 0. The molecule has 0 aromatic carbocycles. The van der Waals surface area contributed by atoms with Crippen LogP contribution >= 0.6 is 15.6 Å². The van der Waals surface area contributed by atoms with E-state index in [1.165, 1.54) is 0 Å². The molecule has 0 aliphatic carbocycles. The minimum absolute atomic E-state index is 0. The number of hydrogen-bond acceptors (Lipinski definition) is 8. The summed E-state index contributed by atoms with van der Waals surface area (Å²) in [6.07, 6.45) is 0. The number of phosphoric acid groups is 2. The van der Waals surface area contributed by atoms with Crippen molar-refractivity contribution >= 4 is 167 Å². The van der Waals surface area contributed by atoms with Gasteiger partial charge in [-0.2, -0.15) is 15.6 Å². The van der Waals surface area contributed by atoms with Crippen molar-refractivity contribution < 1.29 is 141 Å². The van der Waals surface area contributed by atoms with Gasteiger partial charge in [0, 0.05) is 0 Å². The zero-order valence-electron chi connectivity index (χ0n) is 8.99. The maximum atomic E-state index is 8.55. The molecular weight excluding hydrogens is 428 g/mol. The van der Waals surface area contributed by atoms with E-state index in [4.69, 9.17) is 38.5 Å². The molecule has 16 heteroatoms. The third-order valence-electron chi connectivity index (χ3n) is 0. The van der Waals surface area contributed by atoms with Gasteiger partial charge in [-0.1, -0.05) is 0 Å². The summed E-state index contributed by atoms with van der Waals surface area (Å²) < 4.78 is 17.1. The van der Waals surface area contributed by atoms with E-state index in [0.29, 0.717) is 0 Å². The number of rotatable bonds is 0. The van der Waals surface area contributed by atoms with Gasteiger partial charge in [-0.3, -0.25) is 0 Å². The molecule has 0 aromatic heterocycles. The van der Waals surface area contributed by atoms with Crippen LogP contribution in [-0.4, -0.2) is 151 Å². The van der Waals surface area contributed by atoms with Crippen molar-refractivity contribution in [2.24, 2.45) is 0 Å². The maximum Gasteiger partial charge on any atom is 2.00 e. The molecule has 8 nitrogen and oxygen atoms in total. The first kappa shape index (κ1) is 49.7. The average Bonchev–Trinajstić information content (AvgIpc) is 1.12. The molecule has 0 aliphatic heterocycles. The standard InChI is InChI=1S/4Ca.2K.2H3O4P/c;;;;;;2*1-5(2,3)4/h;;;;;;2*(H3,1,2,3,4)/q4*+2;2*+1;;/p-6. The molecule has 0 aliphatic rings. The average molecular weight is 428 g/mol. The van der Waals surface area contributed by atoms with Crippen LogP contribution in [-0.2, 0) is 9.13 Å². The Hall–Kier alpha value is 8.53. The second-order valence-corrected chi connectivity index (χ2v) is 2.68. The summed E-state index contributed by atoms with van der Waals surface area (Å²) in [5, 5.41) is 0. The van der Waals surface area contributed by atoms with E-state index in [1.807, 2.05) is 0 Å². The summed E-state index contributed by atoms with van der Waals surface area (Å²) in [4.78, 5) is 51.3. The largest absolute Gasteiger partial charge is 2.00 e. The molecule has 0 N–H and O–H groups in total. The Bertz CT molecular complexity index is 140. The molecular formula is Ca4K2O8P2+4. The Morgan fingerprint density at radius 3 is 0.500 bits per heavy atom. The van der Waals surface area contributed by atoms with Crippen LogP contribution in [0.5, 0.6) is 0 Å². The smallest absolute Gasteiger partial charge is 0.822 e. The molecule has 0 atom stereocenters. The van der Waals surface area contributed by atoms with E-state index in [9.17, 15) is 0 Å². The normalized spacial score (nSPS) is 7.38. The van der Waals surface area contributed by atoms with Gasteiger partial charge in [-0.25, -0.2) is 0 Å². The van der Waals surface area contributed by atoms with Crippen molar-refractivity contribution in [3.8, 4) is 0 Å². The van der Waals surface area contributed by atoms with E-state index in [1.54, 1.807) is 0 Å². The van der Waals surface area contributed by atoms with Gasteiger partial charge in [-0.15, -0.1) is 0 Å². The van der Waals surface area contributed by atoms with Crippen LogP contribution in [0.2, 0.25) is 0 Å². The third kappa shape index (κ3) is 144. The van der Waals surface area contributed by atoms with Crippen LogP contribution in [0.4, 0.5) is 0 Å². The summed E-state index contributed by atoms with van der Waals surface area (Å²) in [5.41, 5.74) is 0. The summed E-state index contributed by atoms with van der Waals surface area (Å²) >= 11 is 0.